The molecule has 0 aliphatic rings. The first-order chi connectivity index (χ1) is 59.9. The molecular formula is C96H138AlO24P3. The fourth-order valence-corrected chi connectivity index (χ4v) is 15.0. The molecule has 124 heavy (non-hydrogen) atoms. The van der Waals surface area contributed by atoms with Gasteiger partial charge in [0.05, 0.1) is 113 Å². The first-order valence-electron chi connectivity index (χ1n) is 45.1. The van der Waals surface area contributed by atoms with Gasteiger partial charge >= 0.3 is 53.2 Å². The van der Waals surface area contributed by atoms with Crippen molar-refractivity contribution in [2.24, 2.45) is 0 Å². The van der Waals surface area contributed by atoms with Crippen LogP contribution in [0.1, 0.15) is 332 Å². The number of phosphoric ester groups is 3. The first-order valence-corrected chi connectivity index (χ1v) is 49.5. The van der Waals surface area contributed by atoms with Crippen molar-refractivity contribution in [2.75, 3.05) is 79.3 Å². The van der Waals surface area contributed by atoms with Crippen LogP contribution in [0.15, 0.2) is 182 Å². The van der Waals surface area contributed by atoms with Crippen molar-refractivity contribution >= 4 is 76.6 Å². The van der Waals surface area contributed by atoms with Crippen LogP contribution in [0, 0.1) is 0 Å². The van der Waals surface area contributed by atoms with Gasteiger partial charge in [-0.15, -0.1) is 0 Å². The van der Waals surface area contributed by atoms with E-state index < -0.39 is 23.5 Å². The maximum Gasteiger partial charge on any atom is 3.00 e. The van der Waals surface area contributed by atoms with Crippen LogP contribution in [0.25, 0.3) is 0 Å². The van der Waals surface area contributed by atoms with E-state index in [4.69, 9.17) is 55.6 Å². The summed E-state index contributed by atoms with van der Waals surface area (Å²) in [6.45, 7) is 3.46. The van der Waals surface area contributed by atoms with Crippen LogP contribution in [-0.4, -0.2) is 132 Å². The number of ether oxygens (including phenoxy) is 6. The monoisotopic (exact) mass is 1790 g/mol. The van der Waals surface area contributed by atoms with Gasteiger partial charge in [-0.3, -0.25) is 13.7 Å². The second-order valence-corrected chi connectivity index (χ2v) is 34.4. The third-order valence-corrected chi connectivity index (χ3v) is 22.7. The smallest absolute Gasteiger partial charge is 0.756 e. The number of benzene rings is 6. The Labute approximate surface area is 749 Å². The van der Waals surface area contributed by atoms with Gasteiger partial charge in [0, 0.05) is 0 Å². The molecule has 6 aromatic rings. The average Bonchev–Trinajstić information content (AvgIpc) is 0.935. The van der Waals surface area contributed by atoms with E-state index in [1.165, 1.54) is 0 Å². The van der Waals surface area contributed by atoms with Crippen LogP contribution in [-0.2, 0) is 69.3 Å². The summed E-state index contributed by atoms with van der Waals surface area (Å²) >= 11 is 0. The number of unbranched alkanes of at least 4 members (excludes halogenated alkanes) is 36. The van der Waals surface area contributed by atoms with Crippen molar-refractivity contribution in [3.63, 3.8) is 0 Å². The number of phosphoric acid groups is 3. The molecule has 0 aromatic heterocycles. The van der Waals surface area contributed by atoms with E-state index in [1.807, 2.05) is 109 Å². The SMILES string of the molecule is O=C(OCCCCCCCCCOP(=O)([O-])OCCCCCCCCCOC(=O)c1ccccc1)c1ccccc1.O=C(OCCCCCCCCCOP(=O)([O-])OCCCCCCCCCOC(=O)c1ccccc1)c1ccccc1.O=C(OCCCCCCCCCOP(=O)([O-])OCCCCCCCCCOC(=O)c1ccccc1)c1ccccc1.[Al+3]. The number of esters is 6. The van der Waals surface area contributed by atoms with E-state index in [1.54, 1.807) is 72.8 Å². The van der Waals surface area contributed by atoms with Crippen LogP contribution < -0.4 is 14.7 Å². The Hall–Kier alpha value is -7.00. The maximum absolute atomic E-state index is 11.9. The summed E-state index contributed by atoms with van der Waals surface area (Å²) in [6, 6.07) is 53.9. The minimum absolute atomic E-state index is 0. The molecule has 0 fully saturated rings. The van der Waals surface area contributed by atoms with Crippen LogP contribution in [0.2, 0.25) is 0 Å². The summed E-state index contributed by atoms with van der Waals surface area (Å²) in [5.74, 6) is -1.70. The number of carbonyl (C=O) groups is 6. The molecule has 0 unspecified atom stereocenters. The molecule has 6 aromatic carbocycles. The standard InChI is InChI=1S/3C32H47O8P.Al/c3*33-31(29-21-13-11-14-22-29)37-25-17-7-3-1-5-9-19-27-39-41(35,36)40-28-20-10-6-2-4-8-18-26-38-32(34)30-23-15-12-16-24-30;/h3*11-16,21-24H,1-10,17-20,25-28H2,(H,35,36);/q;;;+3/p-3. The number of hydrogen-bond acceptors (Lipinski definition) is 24. The topological polar surface area (TPSA) is 334 Å². The summed E-state index contributed by atoms with van der Waals surface area (Å²) in [4.78, 5) is 107. The molecule has 0 saturated carbocycles. The van der Waals surface area contributed by atoms with Crippen LogP contribution in [0.4, 0.5) is 0 Å². The third kappa shape index (κ3) is 62.2. The molecule has 0 atom stereocenters. The van der Waals surface area contributed by atoms with E-state index in [-0.39, 0.29) is 92.8 Å². The Morgan fingerprint density at radius 3 is 0.379 bits per heavy atom. The molecule has 0 spiro atoms. The zero-order valence-corrected chi connectivity index (χ0v) is 77.1. The maximum atomic E-state index is 11.9. The predicted molar refractivity (Wildman–Crippen MR) is 479 cm³/mol. The first kappa shape index (κ1) is 111. The Kier molecular flexibility index (Phi) is 67.3. The van der Waals surface area contributed by atoms with Gasteiger partial charge in [-0.2, -0.15) is 0 Å². The molecule has 0 saturated heterocycles. The summed E-state index contributed by atoms with van der Waals surface area (Å²) in [5, 5.41) is 0. The summed E-state index contributed by atoms with van der Waals surface area (Å²) in [7, 11) is -12.7. The van der Waals surface area contributed by atoms with Crippen molar-refractivity contribution in [1.29, 1.82) is 0 Å². The van der Waals surface area contributed by atoms with Gasteiger partial charge in [0.1, 0.15) is 0 Å². The summed E-state index contributed by atoms with van der Waals surface area (Å²) in [5.41, 5.74) is 3.43. The summed E-state index contributed by atoms with van der Waals surface area (Å²) < 4.78 is 97.1. The average molecular weight is 1800 g/mol. The van der Waals surface area contributed by atoms with Crippen molar-refractivity contribution in [3.8, 4) is 0 Å². The fourth-order valence-electron chi connectivity index (χ4n) is 12.6. The van der Waals surface area contributed by atoms with E-state index in [2.05, 4.69) is 0 Å². The van der Waals surface area contributed by atoms with Gasteiger partial charge in [0.2, 0.25) is 0 Å². The predicted octanol–water partition coefficient (Wildman–Crippen LogP) is 22.6. The fraction of sp³-hybridized carbons (Fsp3) is 0.562. The molecular weight excluding hydrogens is 1660 g/mol. The molecule has 6 rings (SSSR count). The van der Waals surface area contributed by atoms with E-state index in [9.17, 15) is 57.1 Å². The molecule has 684 valence electrons. The Bertz CT molecular complexity index is 3160. The van der Waals surface area contributed by atoms with Crippen molar-refractivity contribution < 1.29 is 113 Å². The van der Waals surface area contributed by atoms with Gasteiger partial charge in [-0.25, -0.2) is 28.8 Å². The van der Waals surface area contributed by atoms with E-state index >= 15 is 0 Å². The minimum Gasteiger partial charge on any atom is -0.756 e. The number of hydrogen-bond donors (Lipinski definition) is 0. The zero-order valence-electron chi connectivity index (χ0n) is 73.2. The van der Waals surface area contributed by atoms with Crippen LogP contribution in [0.5, 0.6) is 0 Å². The molecule has 0 bridgehead atoms. The van der Waals surface area contributed by atoms with Crippen molar-refractivity contribution in [2.45, 2.75) is 270 Å². The summed E-state index contributed by atoms with van der Waals surface area (Å²) in [6.07, 6.45) is 39.2. The molecule has 24 nitrogen and oxygen atoms in total. The quantitative estimate of drug-likeness (QED) is 0.0112. The number of carbonyl (C=O) groups excluding carboxylic acids is 6. The molecule has 0 heterocycles. The van der Waals surface area contributed by atoms with Gasteiger partial charge in [0.15, 0.2) is 0 Å². The molecule has 0 amide bonds. The van der Waals surface area contributed by atoms with Crippen LogP contribution >= 0.6 is 23.5 Å². The van der Waals surface area contributed by atoms with Gasteiger partial charge < -0.3 is 70.2 Å². The minimum atomic E-state index is -4.23. The van der Waals surface area contributed by atoms with E-state index in [0.29, 0.717) is 112 Å². The third-order valence-electron chi connectivity index (χ3n) is 19.7. The second-order valence-electron chi connectivity index (χ2n) is 30.2. The molecule has 28 heteroatoms. The second kappa shape index (κ2) is 75.0. The van der Waals surface area contributed by atoms with E-state index in [0.717, 1.165) is 231 Å². The molecule has 0 aliphatic carbocycles. The molecule has 0 aliphatic heterocycles. The van der Waals surface area contributed by atoms with Gasteiger partial charge in [-0.05, 0) is 150 Å². The Morgan fingerprint density at radius 1 is 0.169 bits per heavy atom. The normalized spacial score (nSPS) is 11.2. The largest absolute Gasteiger partial charge is 3.00 e. The van der Waals surface area contributed by atoms with Crippen molar-refractivity contribution in [1.82, 2.24) is 0 Å². The number of rotatable bonds is 72. The van der Waals surface area contributed by atoms with Gasteiger partial charge in [-0.1, -0.05) is 302 Å². The molecule has 0 radical (unpaired) electrons. The Morgan fingerprint density at radius 2 is 0.266 bits per heavy atom. The van der Waals surface area contributed by atoms with Gasteiger partial charge in [0.25, 0.3) is 23.5 Å². The molecule has 0 N–H and O–H groups in total. The van der Waals surface area contributed by atoms with Crippen LogP contribution in [0.3, 0.4) is 0 Å². The zero-order chi connectivity index (χ0) is 88.3. The van der Waals surface area contributed by atoms with Crippen molar-refractivity contribution in [3.05, 3.63) is 215 Å². The Balaban J connectivity index is 0.000000478.